The van der Waals surface area contributed by atoms with Crippen molar-refractivity contribution in [3.05, 3.63) is 59.4 Å². The van der Waals surface area contributed by atoms with E-state index in [9.17, 15) is 22.4 Å². The van der Waals surface area contributed by atoms with Crippen molar-refractivity contribution in [1.82, 2.24) is 0 Å². The summed E-state index contributed by atoms with van der Waals surface area (Å²) >= 11 is 0. The van der Waals surface area contributed by atoms with Gasteiger partial charge in [-0.3, -0.25) is 0 Å². The van der Waals surface area contributed by atoms with Gasteiger partial charge in [0.1, 0.15) is 5.82 Å². The Morgan fingerprint density at radius 3 is 2.12 bits per heavy atom. The van der Waals surface area contributed by atoms with Gasteiger partial charge in [0, 0.05) is 24.5 Å². The molecule has 1 N–H and O–H groups in total. The molecule has 0 amide bonds. The molecule has 4 rings (SSSR count). The molecule has 0 saturated carbocycles. The van der Waals surface area contributed by atoms with Crippen LogP contribution >= 0.6 is 0 Å². The summed E-state index contributed by atoms with van der Waals surface area (Å²) in [6, 6.07) is 9.34. The topological polar surface area (TPSA) is 43.8 Å². The Morgan fingerprint density at radius 1 is 1.00 bits per heavy atom. The zero-order valence-electron chi connectivity index (χ0n) is 13.4. The molecule has 2 unspecified atom stereocenters. The van der Waals surface area contributed by atoms with Gasteiger partial charge in [0.15, 0.2) is 0 Å². The Kier molecular flexibility index (Phi) is 3.61. The maximum Gasteiger partial charge on any atom is 0.416 e. The lowest BCUT2D eigenvalue weighted by Gasteiger charge is -2.63. The number of carboxylic acid groups (broad SMARTS) is 1. The lowest BCUT2D eigenvalue weighted by Crippen LogP contribution is -2.79. The van der Waals surface area contributed by atoms with Crippen molar-refractivity contribution in [2.45, 2.75) is 18.3 Å². The SMILES string of the molecule is O=C(O)c1ccc(N2CC3C2CN3c2cccc(C(F)(F)F)c2)cc1F. The molecular formula is C18H14F4N2O2. The van der Waals surface area contributed by atoms with Crippen molar-refractivity contribution in [1.29, 1.82) is 0 Å². The maximum atomic E-state index is 13.8. The molecule has 8 heteroatoms. The summed E-state index contributed by atoms with van der Waals surface area (Å²) in [7, 11) is 0. The molecule has 0 aliphatic carbocycles. The number of nitrogens with zero attached hydrogens (tertiary/aromatic N) is 2. The summed E-state index contributed by atoms with van der Waals surface area (Å²) in [6.07, 6.45) is -4.38. The van der Waals surface area contributed by atoms with E-state index in [4.69, 9.17) is 5.11 Å². The van der Waals surface area contributed by atoms with Crippen molar-refractivity contribution in [3.8, 4) is 0 Å². The first kappa shape index (κ1) is 16.7. The molecule has 0 bridgehead atoms. The van der Waals surface area contributed by atoms with Crippen LogP contribution in [-0.4, -0.2) is 36.2 Å². The number of hydrogen-bond donors (Lipinski definition) is 1. The third-order valence-corrected chi connectivity index (χ3v) is 5.03. The highest BCUT2D eigenvalue weighted by Crippen LogP contribution is 2.41. The number of fused-ring (bicyclic) bond motifs is 1. The fourth-order valence-electron chi connectivity index (χ4n) is 3.56. The standard InChI is InChI=1S/C18H14F4N2O2/c19-14-7-12(4-5-13(14)17(25)26)24-9-15-16(24)8-23(15)11-3-1-2-10(6-11)18(20,21)22/h1-7,15-16H,8-9H2,(H,25,26). The zero-order valence-corrected chi connectivity index (χ0v) is 13.4. The Bertz CT molecular complexity index is 884. The molecule has 2 aromatic rings. The number of carbonyl (C=O) groups is 1. The zero-order chi connectivity index (χ0) is 18.6. The summed E-state index contributed by atoms with van der Waals surface area (Å²) < 4.78 is 52.4. The molecule has 2 heterocycles. The molecule has 2 atom stereocenters. The molecule has 0 spiro atoms. The van der Waals surface area contributed by atoms with E-state index in [-0.39, 0.29) is 17.6 Å². The Labute approximate surface area is 146 Å². The molecule has 2 aliphatic rings. The average Bonchev–Trinajstić information content (AvgIpc) is 2.55. The van der Waals surface area contributed by atoms with E-state index in [1.807, 2.05) is 9.80 Å². The predicted molar refractivity (Wildman–Crippen MR) is 87.1 cm³/mol. The molecule has 2 fully saturated rings. The van der Waals surface area contributed by atoms with Gasteiger partial charge in [-0.15, -0.1) is 0 Å². The van der Waals surface area contributed by atoms with Gasteiger partial charge in [-0.05, 0) is 36.4 Å². The second kappa shape index (κ2) is 5.62. The quantitative estimate of drug-likeness (QED) is 0.843. The number of hydrogen-bond acceptors (Lipinski definition) is 3. The highest BCUT2D eigenvalue weighted by atomic mass is 19.4. The van der Waals surface area contributed by atoms with E-state index in [1.54, 1.807) is 12.1 Å². The van der Waals surface area contributed by atoms with Crippen LogP contribution in [0.3, 0.4) is 0 Å². The van der Waals surface area contributed by atoms with Crippen LogP contribution in [-0.2, 0) is 6.18 Å². The van der Waals surface area contributed by atoms with Crippen LogP contribution in [0.15, 0.2) is 42.5 Å². The van der Waals surface area contributed by atoms with Gasteiger partial charge in [-0.25, -0.2) is 9.18 Å². The van der Waals surface area contributed by atoms with Crippen LogP contribution in [0, 0.1) is 5.82 Å². The van der Waals surface area contributed by atoms with E-state index in [1.165, 1.54) is 18.2 Å². The van der Waals surface area contributed by atoms with E-state index in [0.717, 1.165) is 12.1 Å². The van der Waals surface area contributed by atoms with Gasteiger partial charge in [-0.2, -0.15) is 13.2 Å². The van der Waals surface area contributed by atoms with Crippen LogP contribution < -0.4 is 9.80 Å². The minimum atomic E-state index is -4.38. The lowest BCUT2D eigenvalue weighted by atomic mass is 9.84. The van der Waals surface area contributed by atoms with Crippen LogP contribution in [0.25, 0.3) is 0 Å². The number of alkyl halides is 3. The third kappa shape index (κ3) is 2.56. The number of rotatable bonds is 3. The first-order valence-corrected chi connectivity index (χ1v) is 7.99. The molecule has 0 aromatic heterocycles. The van der Waals surface area contributed by atoms with Crippen LogP contribution in [0.5, 0.6) is 0 Å². The maximum absolute atomic E-state index is 13.8. The highest BCUT2D eigenvalue weighted by molar-refractivity contribution is 5.88. The van der Waals surface area contributed by atoms with Gasteiger partial charge in [0.25, 0.3) is 0 Å². The van der Waals surface area contributed by atoms with Crippen LogP contribution in [0.4, 0.5) is 28.9 Å². The summed E-state index contributed by atoms with van der Waals surface area (Å²) in [4.78, 5) is 14.7. The molecule has 2 aliphatic heterocycles. The molecule has 136 valence electrons. The Balaban J connectivity index is 1.47. The fraction of sp³-hybridized carbons (Fsp3) is 0.278. The van der Waals surface area contributed by atoms with Crippen LogP contribution in [0.1, 0.15) is 15.9 Å². The molecular weight excluding hydrogens is 352 g/mol. The molecule has 0 radical (unpaired) electrons. The number of anilines is 2. The van der Waals surface area contributed by atoms with Crippen molar-refractivity contribution in [3.63, 3.8) is 0 Å². The number of aromatic carboxylic acids is 1. The van der Waals surface area contributed by atoms with Crippen molar-refractivity contribution in [2.75, 3.05) is 22.9 Å². The molecule has 26 heavy (non-hydrogen) atoms. The third-order valence-electron chi connectivity index (χ3n) is 5.03. The normalized spacial score (nSPS) is 21.7. The van der Waals surface area contributed by atoms with Crippen molar-refractivity contribution < 1.29 is 27.5 Å². The predicted octanol–water partition coefficient (Wildman–Crippen LogP) is 3.62. The summed E-state index contributed by atoms with van der Waals surface area (Å²) in [5, 5.41) is 8.87. The van der Waals surface area contributed by atoms with E-state index in [2.05, 4.69) is 0 Å². The van der Waals surface area contributed by atoms with Gasteiger partial charge < -0.3 is 14.9 Å². The minimum absolute atomic E-state index is 0.0701. The second-order valence-corrected chi connectivity index (χ2v) is 6.46. The molecule has 4 nitrogen and oxygen atoms in total. The largest absolute Gasteiger partial charge is 0.478 e. The Hall–Kier alpha value is -2.77. The number of benzene rings is 2. The fourth-order valence-corrected chi connectivity index (χ4v) is 3.56. The second-order valence-electron chi connectivity index (χ2n) is 6.46. The molecule has 2 aromatic carbocycles. The van der Waals surface area contributed by atoms with Crippen molar-refractivity contribution in [2.24, 2.45) is 0 Å². The van der Waals surface area contributed by atoms with E-state index < -0.39 is 23.5 Å². The lowest BCUT2D eigenvalue weighted by molar-refractivity contribution is -0.137. The average molecular weight is 366 g/mol. The van der Waals surface area contributed by atoms with Gasteiger partial charge in [-0.1, -0.05) is 6.07 Å². The van der Waals surface area contributed by atoms with Crippen LogP contribution in [0.2, 0.25) is 0 Å². The number of piperazine rings is 1. The van der Waals surface area contributed by atoms with Gasteiger partial charge in [0.2, 0.25) is 0 Å². The molecule has 2 saturated heterocycles. The van der Waals surface area contributed by atoms with E-state index in [0.29, 0.717) is 24.5 Å². The summed E-state index contributed by atoms with van der Waals surface area (Å²) in [5.41, 5.74) is 0.0385. The van der Waals surface area contributed by atoms with Gasteiger partial charge in [0.05, 0.1) is 23.2 Å². The summed E-state index contributed by atoms with van der Waals surface area (Å²) in [5.74, 6) is -2.12. The number of halogens is 4. The number of carboxylic acids is 1. The first-order chi connectivity index (χ1) is 12.3. The first-order valence-electron chi connectivity index (χ1n) is 7.99. The van der Waals surface area contributed by atoms with Gasteiger partial charge >= 0.3 is 12.1 Å². The minimum Gasteiger partial charge on any atom is -0.478 e. The Morgan fingerprint density at radius 2 is 1.62 bits per heavy atom. The smallest absolute Gasteiger partial charge is 0.416 e. The van der Waals surface area contributed by atoms with E-state index >= 15 is 0 Å². The summed E-state index contributed by atoms with van der Waals surface area (Å²) in [6.45, 7) is 1.08. The monoisotopic (exact) mass is 366 g/mol. The van der Waals surface area contributed by atoms with Crippen molar-refractivity contribution >= 4 is 17.3 Å². The highest BCUT2D eigenvalue weighted by Gasteiger charge is 2.52.